The molecule has 1 saturated heterocycles. The van der Waals surface area contributed by atoms with Gasteiger partial charge >= 0.3 is 0 Å². The average Bonchev–Trinajstić information content (AvgIpc) is 3.42. The first-order valence-electron chi connectivity index (χ1n) is 13.6. The van der Waals surface area contributed by atoms with Gasteiger partial charge in [0.1, 0.15) is 16.9 Å². The third-order valence-electron chi connectivity index (χ3n) is 7.48. The molecule has 204 valence electrons. The van der Waals surface area contributed by atoms with E-state index in [1.807, 2.05) is 109 Å². The van der Waals surface area contributed by atoms with Gasteiger partial charge in [0.15, 0.2) is 0 Å². The first kappa shape index (κ1) is 25.8. The van der Waals surface area contributed by atoms with Crippen molar-refractivity contribution in [3.05, 3.63) is 143 Å². The summed E-state index contributed by atoms with van der Waals surface area (Å²) in [6, 6.07) is 40.0. The van der Waals surface area contributed by atoms with E-state index in [9.17, 15) is 14.7 Å². The fourth-order valence-corrected chi connectivity index (χ4v) is 6.61. The molecule has 42 heavy (non-hydrogen) atoms. The Hall–Kier alpha value is -5.14. The number of fused-ring (bicyclic) bond motifs is 1. The Morgan fingerprint density at radius 2 is 1.29 bits per heavy atom. The van der Waals surface area contributed by atoms with E-state index in [0.29, 0.717) is 22.5 Å². The van der Waals surface area contributed by atoms with Crippen LogP contribution in [0.15, 0.2) is 132 Å². The van der Waals surface area contributed by atoms with E-state index in [1.165, 1.54) is 11.8 Å². The molecule has 1 aromatic heterocycles. The van der Waals surface area contributed by atoms with Gasteiger partial charge in [0, 0.05) is 16.8 Å². The highest BCUT2D eigenvalue weighted by atomic mass is 32.2. The predicted octanol–water partition coefficient (Wildman–Crippen LogP) is 7.20. The lowest BCUT2D eigenvalue weighted by Crippen LogP contribution is -2.27. The van der Waals surface area contributed by atoms with E-state index in [-0.39, 0.29) is 22.6 Å². The van der Waals surface area contributed by atoms with Crippen LogP contribution in [0.4, 0.5) is 5.69 Å². The molecule has 5 aromatic carbocycles. The van der Waals surface area contributed by atoms with E-state index in [2.05, 4.69) is 0 Å². The number of nitrogens with zero attached hydrogens (tertiary/aromatic N) is 3. The highest BCUT2D eigenvalue weighted by Gasteiger charge is 2.35. The number of phenols is 1. The molecule has 1 atom stereocenters. The summed E-state index contributed by atoms with van der Waals surface area (Å²) in [5.74, 6) is 1.14. The van der Waals surface area contributed by atoms with Crippen molar-refractivity contribution in [3.8, 4) is 34.0 Å². The number of hydrogen-bond acceptors (Lipinski definition) is 5. The smallest absolute Gasteiger partial charge is 0.266 e. The Bertz CT molecular complexity index is 1990. The van der Waals surface area contributed by atoms with Crippen LogP contribution in [0.5, 0.6) is 5.75 Å². The number of aromatic hydroxyl groups is 1. The molecule has 1 aliphatic heterocycles. The molecule has 1 N–H and O–H groups in total. The lowest BCUT2D eigenvalue weighted by Gasteiger charge is -2.25. The number of anilines is 1. The minimum Gasteiger partial charge on any atom is -0.508 e. The summed E-state index contributed by atoms with van der Waals surface area (Å²) in [5, 5.41) is 10.7. The average molecular weight is 568 g/mol. The highest BCUT2D eigenvalue weighted by molar-refractivity contribution is 8.00. The normalized spacial score (nSPS) is 14.9. The first-order valence-corrected chi connectivity index (χ1v) is 14.6. The monoisotopic (exact) mass is 567 g/mol. The highest BCUT2D eigenvalue weighted by Crippen LogP contribution is 2.44. The molecule has 7 rings (SSSR count). The molecule has 2 heterocycles. The van der Waals surface area contributed by atoms with Crippen molar-refractivity contribution < 1.29 is 9.90 Å². The maximum atomic E-state index is 13.7. The van der Waals surface area contributed by atoms with Crippen LogP contribution in [0, 0.1) is 0 Å². The number of hydrogen-bond donors (Lipinski definition) is 1. The van der Waals surface area contributed by atoms with Crippen LogP contribution in [-0.4, -0.2) is 26.3 Å². The van der Waals surface area contributed by atoms with Gasteiger partial charge in [0.05, 0.1) is 22.3 Å². The van der Waals surface area contributed by atoms with Crippen molar-refractivity contribution in [3.63, 3.8) is 0 Å². The largest absolute Gasteiger partial charge is 0.508 e. The Morgan fingerprint density at radius 3 is 2.00 bits per heavy atom. The maximum absolute atomic E-state index is 13.7. The van der Waals surface area contributed by atoms with Crippen LogP contribution in [0.25, 0.3) is 39.1 Å². The molecule has 7 heteroatoms. The third-order valence-corrected chi connectivity index (χ3v) is 8.68. The molecule has 1 aliphatic rings. The van der Waals surface area contributed by atoms with Gasteiger partial charge < -0.3 is 5.11 Å². The van der Waals surface area contributed by atoms with Gasteiger partial charge in [-0.05, 0) is 53.6 Å². The summed E-state index contributed by atoms with van der Waals surface area (Å²) >= 11 is 1.51. The Balaban J connectivity index is 1.23. The molecule has 1 amide bonds. The predicted molar refractivity (Wildman–Crippen MR) is 169 cm³/mol. The van der Waals surface area contributed by atoms with Crippen molar-refractivity contribution in [2.45, 2.75) is 5.37 Å². The topological polar surface area (TPSA) is 75.4 Å². The van der Waals surface area contributed by atoms with Gasteiger partial charge in [-0.2, -0.15) is 0 Å². The Labute approximate surface area is 246 Å². The number of carbonyl (C=O) groups excluding carboxylic acids is 1. The molecule has 6 nitrogen and oxygen atoms in total. The number of thioether (sulfide) groups is 1. The van der Waals surface area contributed by atoms with Gasteiger partial charge in [-0.1, -0.05) is 84.9 Å². The fourth-order valence-electron chi connectivity index (χ4n) is 5.40. The minimum atomic E-state index is -0.281. The molecule has 6 aromatic rings. The zero-order valence-electron chi connectivity index (χ0n) is 22.4. The quantitative estimate of drug-likeness (QED) is 0.238. The van der Waals surface area contributed by atoms with Gasteiger partial charge in [0.2, 0.25) is 5.91 Å². The van der Waals surface area contributed by atoms with Crippen LogP contribution >= 0.6 is 11.8 Å². The lowest BCUT2D eigenvalue weighted by atomic mass is 10.0. The molecule has 1 unspecified atom stereocenters. The van der Waals surface area contributed by atoms with Gasteiger partial charge in [-0.25, -0.2) is 4.98 Å². The number of phenolic OH excluding ortho intramolecular Hbond substituents is 1. The number of amides is 1. The zero-order chi connectivity index (χ0) is 28.6. The SMILES string of the molecule is O=C1CSC(c2ccccc2O)N1c1ccc(-c2ccc(-n3c(-c4ccccc4)nc4ccccc4c3=O)cc2)cc1. The van der Waals surface area contributed by atoms with Gasteiger partial charge in [0.25, 0.3) is 5.56 Å². The van der Waals surface area contributed by atoms with Crippen molar-refractivity contribution in [1.82, 2.24) is 9.55 Å². The standard InChI is InChI=1S/C35H25N3O3S/c39-31-13-7-5-11-29(31)35-37(32(40)22-42-35)26-18-14-23(15-19-26)24-16-20-27(21-17-24)38-33(25-8-2-1-3-9-25)36-30-12-6-4-10-28(30)34(38)41/h1-21,35,39H,22H2. The third kappa shape index (κ3) is 4.54. The minimum absolute atomic E-state index is 0.00835. The number of benzene rings is 5. The van der Waals surface area contributed by atoms with Crippen molar-refractivity contribution in [2.75, 3.05) is 10.7 Å². The van der Waals surface area contributed by atoms with Crippen LogP contribution in [0.1, 0.15) is 10.9 Å². The number of para-hydroxylation sites is 2. The van der Waals surface area contributed by atoms with E-state index >= 15 is 0 Å². The van der Waals surface area contributed by atoms with E-state index in [0.717, 1.165) is 33.6 Å². The van der Waals surface area contributed by atoms with Crippen LogP contribution in [0.2, 0.25) is 0 Å². The summed E-state index contributed by atoms with van der Waals surface area (Å²) in [4.78, 5) is 33.1. The van der Waals surface area contributed by atoms with Gasteiger partial charge in [-0.15, -0.1) is 11.8 Å². The molecule has 0 saturated carbocycles. The van der Waals surface area contributed by atoms with E-state index in [4.69, 9.17) is 4.98 Å². The second kappa shape index (κ2) is 10.7. The molecule has 0 bridgehead atoms. The first-order chi connectivity index (χ1) is 20.6. The molecular weight excluding hydrogens is 542 g/mol. The maximum Gasteiger partial charge on any atom is 0.266 e. The lowest BCUT2D eigenvalue weighted by molar-refractivity contribution is -0.115. The summed E-state index contributed by atoms with van der Waals surface area (Å²) in [6.45, 7) is 0. The summed E-state index contributed by atoms with van der Waals surface area (Å²) in [7, 11) is 0. The van der Waals surface area contributed by atoms with Crippen LogP contribution in [-0.2, 0) is 4.79 Å². The molecule has 0 aliphatic carbocycles. The van der Waals surface area contributed by atoms with Crippen molar-refractivity contribution in [2.24, 2.45) is 0 Å². The van der Waals surface area contributed by atoms with Crippen molar-refractivity contribution in [1.29, 1.82) is 0 Å². The Kier molecular flexibility index (Phi) is 6.56. The van der Waals surface area contributed by atoms with Crippen LogP contribution in [0.3, 0.4) is 0 Å². The second-order valence-corrected chi connectivity index (χ2v) is 11.1. The second-order valence-electron chi connectivity index (χ2n) is 10.0. The van der Waals surface area contributed by atoms with Gasteiger partial charge in [-0.3, -0.25) is 19.1 Å². The van der Waals surface area contributed by atoms with E-state index in [1.54, 1.807) is 27.7 Å². The summed E-state index contributed by atoms with van der Waals surface area (Å²) < 4.78 is 1.67. The molecule has 1 fully saturated rings. The summed E-state index contributed by atoms with van der Waals surface area (Å²) in [5.41, 5.74) is 5.59. The molecule has 0 radical (unpaired) electrons. The molecular formula is C35H25N3O3S. The summed E-state index contributed by atoms with van der Waals surface area (Å²) in [6.07, 6.45) is 0. The number of aromatic nitrogens is 2. The van der Waals surface area contributed by atoms with E-state index < -0.39 is 0 Å². The number of carbonyl (C=O) groups is 1. The van der Waals surface area contributed by atoms with Crippen LogP contribution < -0.4 is 10.5 Å². The fraction of sp³-hybridized carbons (Fsp3) is 0.0571. The Morgan fingerprint density at radius 1 is 0.667 bits per heavy atom. The number of rotatable bonds is 5. The zero-order valence-corrected chi connectivity index (χ0v) is 23.2. The molecule has 0 spiro atoms. The van der Waals surface area contributed by atoms with Crippen molar-refractivity contribution >= 4 is 34.3 Å².